The van der Waals surface area contributed by atoms with Gasteiger partial charge in [-0.05, 0) is 29.5 Å². The van der Waals surface area contributed by atoms with E-state index in [0.717, 1.165) is 26.1 Å². The number of rotatable bonds is 3. The summed E-state index contributed by atoms with van der Waals surface area (Å²) in [5.41, 5.74) is 2.88. The number of benzene rings is 1. The fourth-order valence-corrected chi connectivity index (χ4v) is 2.09. The smallest absolute Gasteiger partial charge is 0.0721 e. The van der Waals surface area contributed by atoms with Gasteiger partial charge in [-0.2, -0.15) is 0 Å². The molecule has 1 aromatic carbocycles. The summed E-state index contributed by atoms with van der Waals surface area (Å²) >= 11 is 0. The standard InChI is InChI=1S/C15H23NO.ClH/c1-15(2,3)13-6-4-12(5-7-13)11-17-14-8-9-16-10-14;/h4-7,14,16H,8-11H2,1-3H3;1H/t14-;/m0./s1. The predicted molar refractivity (Wildman–Crippen MR) is 78.5 cm³/mol. The van der Waals surface area contributed by atoms with Crippen molar-refractivity contribution in [3.63, 3.8) is 0 Å². The highest BCUT2D eigenvalue weighted by molar-refractivity contribution is 5.85. The topological polar surface area (TPSA) is 21.3 Å². The van der Waals surface area contributed by atoms with Crippen LogP contribution in [0.15, 0.2) is 24.3 Å². The fraction of sp³-hybridized carbons (Fsp3) is 0.600. The molecule has 0 bridgehead atoms. The maximum atomic E-state index is 5.85. The third kappa shape index (κ3) is 4.27. The van der Waals surface area contributed by atoms with E-state index in [1.165, 1.54) is 11.1 Å². The van der Waals surface area contributed by atoms with Crippen LogP contribution in [0.5, 0.6) is 0 Å². The maximum Gasteiger partial charge on any atom is 0.0721 e. The Balaban J connectivity index is 0.00000162. The van der Waals surface area contributed by atoms with Crippen molar-refractivity contribution in [1.29, 1.82) is 0 Å². The van der Waals surface area contributed by atoms with Gasteiger partial charge in [-0.1, -0.05) is 45.0 Å². The number of halogens is 1. The molecule has 3 heteroatoms. The van der Waals surface area contributed by atoms with Gasteiger partial charge >= 0.3 is 0 Å². The fourth-order valence-electron chi connectivity index (χ4n) is 2.09. The molecule has 1 aliphatic rings. The molecule has 18 heavy (non-hydrogen) atoms. The molecule has 1 atom stereocenters. The highest BCUT2D eigenvalue weighted by Gasteiger charge is 2.15. The first-order valence-corrected chi connectivity index (χ1v) is 6.47. The van der Waals surface area contributed by atoms with Crippen molar-refractivity contribution < 1.29 is 4.74 Å². The predicted octanol–water partition coefficient (Wildman–Crippen LogP) is 3.28. The van der Waals surface area contributed by atoms with Crippen LogP contribution < -0.4 is 5.32 Å². The van der Waals surface area contributed by atoms with Crippen molar-refractivity contribution in [2.45, 2.75) is 45.3 Å². The van der Waals surface area contributed by atoms with Crippen LogP contribution in [-0.4, -0.2) is 19.2 Å². The van der Waals surface area contributed by atoms with Crippen molar-refractivity contribution >= 4 is 12.4 Å². The quantitative estimate of drug-likeness (QED) is 0.909. The molecule has 1 saturated heterocycles. The van der Waals surface area contributed by atoms with E-state index in [0.29, 0.717) is 6.10 Å². The van der Waals surface area contributed by atoms with Crippen molar-refractivity contribution in [2.75, 3.05) is 13.1 Å². The summed E-state index contributed by atoms with van der Waals surface area (Å²) in [4.78, 5) is 0. The van der Waals surface area contributed by atoms with Gasteiger partial charge in [0.15, 0.2) is 0 Å². The minimum absolute atomic E-state index is 0. The second-order valence-corrected chi connectivity index (χ2v) is 5.87. The van der Waals surface area contributed by atoms with Crippen LogP contribution in [-0.2, 0) is 16.8 Å². The van der Waals surface area contributed by atoms with E-state index in [9.17, 15) is 0 Å². The third-order valence-corrected chi connectivity index (χ3v) is 3.32. The molecule has 1 aliphatic heterocycles. The van der Waals surface area contributed by atoms with E-state index in [4.69, 9.17) is 4.74 Å². The first-order valence-electron chi connectivity index (χ1n) is 6.47. The third-order valence-electron chi connectivity index (χ3n) is 3.32. The molecule has 0 aliphatic carbocycles. The average molecular weight is 270 g/mol. The van der Waals surface area contributed by atoms with Gasteiger partial charge in [-0.25, -0.2) is 0 Å². The molecule has 102 valence electrons. The summed E-state index contributed by atoms with van der Waals surface area (Å²) < 4.78 is 5.85. The molecular weight excluding hydrogens is 246 g/mol. The minimum Gasteiger partial charge on any atom is -0.372 e. The summed E-state index contributed by atoms with van der Waals surface area (Å²) in [6.45, 7) is 9.54. The normalized spacial score (nSPS) is 19.6. The Morgan fingerprint density at radius 3 is 2.39 bits per heavy atom. The molecule has 1 N–H and O–H groups in total. The first kappa shape index (κ1) is 15.5. The van der Waals surface area contributed by atoms with Crippen molar-refractivity contribution in [1.82, 2.24) is 5.32 Å². The van der Waals surface area contributed by atoms with E-state index < -0.39 is 0 Å². The summed E-state index contributed by atoms with van der Waals surface area (Å²) in [6.07, 6.45) is 1.54. The summed E-state index contributed by atoms with van der Waals surface area (Å²) in [5.74, 6) is 0. The Kier molecular flexibility index (Phi) is 5.64. The monoisotopic (exact) mass is 269 g/mol. The second kappa shape index (κ2) is 6.55. The van der Waals surface area contributed by atoms with Crippen LogP contribution in [0.4, 0.5) is 0 Å². The molecule has 0 aromatic heterocycles. The lowest BCUT2D eigenvalue weighted by atomic mass is 9.87. The molecule has 1 fully saturated rings. The van der Waals surface area contributed by atoms with E-state index in [2.05, 4.69) is 50.4 Å². The lowest BCUT2D eigenvalue weighted by molar-refractivity contribution is 0.0542. The zero-order valence-corrected chi connectivity index (χ0v) is 12.3. The van der Waals surface area contributed by atoms with Crippen molar-refractivity contribution in [2.24, 2.45) is 0 Å². The van der Waals surface area contributed by atoms with Crippen LogP contribution in [0.25, 0.3) is 0 Å². The summed E-state index contributed by atoms with van der Waals surface area (Å²) in [6, 6.07) is 8.79. The van der Waals surface area contributed by atoms with Gasteiger partial charge in [-0.3, -0.25) is 0 Å². The van der Waals surface area contributed by atoms with Crippen LogP contribution in [0.2, 0.25) is 0 Å². The van der Waals surface area contributed by atoms with Gasteiger partial charge in [0.2, 0.25) is 0 Å². The Hall–Kier alpha value is -0.570. The molecule has 2 rings (SSSR count). The summed E-state index contributed by atoms with van der Waals surface area (Å²) in [7, 11) is 0. The number of hydrogen-bond acceptors (Lipinski definition) is 2. The van der Waals surface area contributed by atoms with E-state index in [-0.39, 0.29) is 17.8 Å². The van der Waals surface area contributed by atoms with Gasteiger partial charge < -0.3 is 10.1 Å². The minimum atomic E-state index is 0. The Bertz CT molecular complexity index is 350. The SMILES string of the molecule is CC(C)(C)c1ccc(CO[C@H]2CCNC2)cc1.Cl. The largest absolute Gasteiger partial charge is 0.372 e. The molecule has 0 saturated carbocycles. The van der Waals surface area contributed by atoms with E-state index in [1.807, 2.05) is 0 Å². The molecular formula is C15H24ClNO. The Labute approximate surface area is 117 Å². The lowest BCUT2D eigenvalue weighted by Gasteiger charge is -2.19. The van der Waals surface area contributed by atoms with Crippen LogP contribution in [0, 0.1) is 0 Å². The van der Waals surface area contributed by atoms with Crippen molar-refractivity contribution in [3.05, 3.63) is 35.4 Å². The highest BCUT2D eigenvalue weighted by Crippen LogP contribution is 2.22. The van der Waals surface area contributed by atoms with E-state index >= 15 is 0 Å². The van der Waals surface area contributed by atoms with Crippen molar-refractivity contribution in [3.8, 4) is 0 Å². The zero-order valence-electron chi connectivity index (χ0n) is 11.5. The van der Waals surface area contributed by atoms with Gasteiger partial charge in [-0.15, -0.1) is 12.4 Å². The number of nitrogens with one attached hydrogen (secondary N) is 1. The van der Waals surface area contributed by atoms with Gasteiger partial charge in [0.25, 0.3) is 0 Å². The van der Waals surface area contributed by atoms with Crippen LogP contribution >= 0.6 is 12.4 Å². The highest BCUT2D eigenvalue weighted by atomic mass is 35.5. The number of hydrogen-bond donors (Lipinski definition) is 1. The Morgan fingerprint density at radius 1 is 1.22 bits per heavy atom. The molecule has 0 radical (unpaired) electrons. The molecule has 0 unspecified atom stereocenters. The van der Waals surface area contributed by atoms with E-state index in [1.54, 1.807) is 0 Å². The molecule has 1 heterocycles. The van der Waals surface area contributed by atoms with Gasteiger partial charge in [0, 0.05) is 6.54 Å². The lowest BCUT2D eigenvalue weighted by Crippen LogP contribution is -2.16. The molecule has 2 nitrogen and oxygen atoms in total. The molecule has 0 amide bonds. The number of ether oxygens (including phenoxy) is 1. The summed E-state index contributed by atoms with van der Waals surface area (Å²) in [5, 5.41) is 3.31. The van der Waals surface area contributed by atoms with Gasteiger partial charge in [0.1, 0.15) is 0 Å². The molecule has 0 spiro atoms. The zero-order chi connectivity index (χ0) is 12.3. The van der Waals surface area contributed by atoms with Gasteiger partial charge in [0.05, 0.1) is 12.7 Å². The van der Waals surface area contributed by atoms with Crippen LogP contribution in [0.1, 0.15) is 38.3 Å². The second-order valence-electron chi connectivity index (χ2n) is 5.87. The molecule has 1 aromatic rings. The first-order chi connectivity index (χ1) is 8.05. The van der Waals surface area contributed by atoms with Crippen LogP contribution in [0.3, 0.4) is 0 Å². The average Bonchev–Trinajstić information content (AvgIpc) is 2.78. The maximum absolute atomic E-state index is 5.85. The Morgan fingerprint density at radius 2 is 1.89 bits per heavy atom.